The third-order valence-electron chi connectivity index (χ3n) is 4.78. The zero-order chi connectivity index (χ0) is 18.2. The van der Waals surface area contributed by atoms with Crippen molar-refractivity contribution in [3.63, 3.8) is 0 Å². The lowest BCUT2D eigenvalue weighted by molar-refractivity contribution is -0.122. The van der Waals surface area contributed by atoms with E-state index in [9.17, 15) is 22.4 Å². The highest BCUT2D eigenvalue weighted by Crippen LogP contribution is 2.30. The third kappa shape index (κ3) is 3.67. The van der Waals surface area contributed by atoms with Gasteiger partial charge in [-0.3, -0.25) is 10.1 Å². The number of nitrogens with zero attached hydrogens (tertiary/aromatic N) is 1. The number of nitrogens with one attached hydrogen (secondary N) is 2. The Morgan fingerprint density at radius 3 is 2.32 bits per heavy atom. The Morgan fingerprint density at radius 2 is 1.80 bits per heavy atom. The van der Waals surface area contributed by atoms with Crippen LogP contribution in [0.2, 0.25) is 0 Å². The van der Waals surface area contributed by atoms with Gasteiger partial charge in [0.25, 0.3) is 5.91 Å². The summed E-state index contributed by atoms with van der Waals surface area (Å²) in [5.41, 5.74) is -0.461. The fraction of sp³-hybridized carbons (Fsp3) is 0.500. The highest BCUT2D eigenvalue weighted by Gasteiger charge is 2.46. The van der Waals surface area contributed by atoms with Crippen LogP contribution in [0.4, 0.5) is 9.18 Å². The lowest BCUT2D eigenvalue weighted by atomic mass is 9.90. The number of rotatable bonds is 4. The van der Waals surface area contributed by atoms with Crippen molar-refractivity contribution in [3.8, 4) is 0 Å². The first-order valence-corrected chi connectivity index (χ1v) is 9.67. The Bertz CT molecular complexity index is 788. The Hall–Kier alpha value is -2.00. The fourth-order valence-electron chi connectivity index (χ4n) is 3.34. The van der Waals surface area contributed by atoms with Crippen molar-refractivity contribution < 1.29 is 22.4 Å². The Kier molecular flexibility index (Phi) is 4.54. The summed E-state index contributed by atoms with van der Waals surface area (Å²) in [6.07, 6.45) is 1.25. The molecule has 7 nitrogen and oxygen atoms in total. The van der Waals surface area contributed by atoms with Gasteiger partial charge in [-0.1, -0.05) is 12.1 Å². The van der Waals surface area contributed by atoms with E-state index in [-0.39, 0.29) is 11.7 Å². The molecule has 3 rings (SSSR count). The van der Waals surface area contributed by atoms with Gasteiger partial charge in [0.1, 0.15) is 11.4 Å². The molecular formula is C16H20FN3O4S. The molecule has 0 bridgehead atoms. The monoisotopic (exact) mass is 369 g/mol. The molecule has 2 N–H and O–H groups in total. The van der Waals surface area contributed by atoms with Crippen LogP contribution in [0.25, 0.3) is 0 Å². The summed E-state index contributed by atoms with van der Waals surface area (Å²) in [5, 5.41) is 4.44. The van der Waals surface area contributed by atoms with Crippen LogP contribution in [0.3, 0.4) is 0 Å². The Morgan fingerprint density at radius 1 is 1.20 bits per heavy atom. The molecule has 0 aliphatic carbocycles. The summed E-state index contributed by atoms with van der Waals surface area (Å²) in [5.74, 6) is -1.23. The minimum absolute atomic E-state index is 0.178. The quantitative estimate of drug-likeness (QED) is 0.772. The second kappa shape index (κ2) is 6.38. The largest absolute Gasteiger partial charge is 0.322 e. The van der Waals surface area contributed by atoms with Crippen LogP contribution in [0.1, 0.15) is 31.2 Å². The Labute approximate surface area is 145 Å². The summed E-state index contributed by atoms with van der Waals surface area (Å²) in [7, 11) is -3.70. The van der Waals surface area contributed by atoms with Crippen molar-refractivity contribution in [1.29, 1.82) is 0 Å². The number of amides is 3. The molecule has 2 aliphatic rings. The van der Waals surface area contributed by atoms with Gasteiger partial charge in [-0.25, -0.2) is 21.9 Å². The van der Waals surface area contributed by atoms with E-state index in [1.165, 1.54) is 23.4 Å². The summed E-state index contributed by atoms with van der Waals surface area (Å²) >= 11 is 0. The minimum atomic E-state index is -3.70. The molecule has 2 saturated heterocycles. The Balaban J connectivity index is 1.64. The molecule has 1 aromatic carbocycles. The number of hydrogen-bond acceptors (Lipinski definition) is 4. The van der Waals surface area contributed by atoms with Crippen LogP contribution in [0.15, 0.2) is 24.3 Å². The van der Waals surface area contributed by atoms with Crippen LogP contribution >= 0.6 is 0 Å². The number of sulfonamides is 1. The number of piperidine rings is 1. The van der Waals surface area contributed by atoms with Crippen molar-refractivity contribution in [2.75, 3.05) is 18.8 Å². The molecule has 1 atom stereocenters. The van der Waals surface area contributed by atoms with Crippen LogP contribution in [0, 0.1) is 5.82 Å². The van der Waals surface area contributed by atoms with Gasteiger partial charge in [-0.15, -0.1) is 0 Å². The molecule has 0 unspecified atom stereocenters. The van der Waals surface area contributed by atoms with Gasteiger partial charge < -0.3 is 5.32 Å². The molecular weight excluding hydrogens is 349 g/mol. The topological polar surface area (TPSA) is 95.6 Å². The van der Waals surface area contributed by atoms with Gasteiger partial charge in [-0.05, 0) is 43.4 Å². The highest BCUT2D eigenvalue weighted by molar-refractivity contribution is 7.89. The maximum Gasteiger partial charge on any atom is 0.322 e. The first kappa shape index (κ1) is 17.8. The minimum Gasteiger partial charge on any atom is -0.322 e. The second-order valence-corrected chi connectivity index (χ2v) is 8.69. The standard InChI is InChI=1S/C16H20FN3O4S/c1-16(14(21)18-15(22)19-16)10-25(23,24)20-8-6-12(7-9-20)11-2-4-13(17)5-3-11/h2-5,12H,6-10H2,1H3,(H2,18,19,21,22)/t16-/m1/s1. The van der Waals surface area contributed by atoms with E-state index < -0.39 is 33.3 Å². The van der Waals surface area contributed by atoms with Crippen LogP contribution < -0.4 is 10.6 Å². The normalized spacial score (nSPS) is 25.7. The van der Waals surface area contributed by atoms with Crippen molar-refractivity contribution in [2.45, 2.75) is 31.2 Å². The summed E-state index contributed by atoms with van der Waals surface area (Å²) in [4.78, 5) is 23.1. The molecule has 9 heteroatoms. The predicted octanol–water partition coefficient (Wildman–Crippen LogP) is 0.933. The second-order valence-electron chi connectivity index (χ2n) is 6.72. The van der Waals surface area contributed by atoms with Crippen molar-refractivity contribution in [1.82, 2.24) is 14.9 Å². The van der Waals surface area contributed by atoms with Gasteiger partial charge in [0.2, 0.25) is 10.0 Å². The zero-order valence-corrected chi connectivity index (χ0v) is 14.6. The fourth-order valence-corrected chi connectivity index (χ4v) is 5.22. The molecule has 1 aromatic rings. The lowest BCUT2D eigenvalue weighted by Gasteiger charge is -2.33. The molecule has 0 saturated carbocycles. The van der Waals surface area contributed by atoms with Gasteiger partial charge in [0.15, 0.2) is 0 Å². The van der Waals surface area contributed by atoms with E-state index >= 15 is 0 Å². The van der Waals surface area contributed by atoms with E-state index in [0.717, 1.165) is 5.56 Å². The van der Waals surface area contributed by atoms with Crippen molar-refractivity contribution >= 4 is 22.0 Å². The summed E-state index contributed by atoms with van der Waals surface area (Å²) in [6.45, 7) is 2.06. The van der Waals surface area contributed by atoms with E-state index in [1.807, 2.05) is 0 Å². The van der Waals surface area contributed by atoms with E-state index in [4.69, 9.17) is 0 Å². The maximum atomic E-state index is 13.0. The van der Waals surface area contributed by atoms with E-state index in [0.29, 0.717) is 25.9 Å². The first-order valence-electron chi connectivity index (χ1n) is 8.06. The van der Waals surface area contributed by atoms with Crippen molar-refractivity contribution in [2.24, 2.45) is 0 Å². The number of carbonyl (C=O) groups excluding carboxylic acids is 2. The third-order valence-corrected chi connectivity index (χ3v) is 6.87. The first-order chi connectivity index (χ1) is 11.7. The average molecular weight is 369 g/mol. The number of benzene rings is 1. The molecule has 0 aromatic heterocycles. The highest BCUT2D eigenvalue weighted by atomic mass is 32.2. The molecule has 2 aliphatic heterocycles. The number of halogens is 1. The maximum absolute atomic E-state index is 13.0. The molecule has 0 radical (unpaired) electrons. The molecule has 2 fully saturated rings. The molecule has 136 valence electrons. The lowest BCUT2D eigenvalue weighted by Crippen LogP contribution is -2.53. The van der Waals surface area contributed by atoms with E-state index in [1.54, 1.807) is 12.1 Å². The molecule has 25 heavy (non-hydrogen) atoms. The predicted molar refractivity (Wildman–Crippen MR) is 88.8 cm³/mol. The summed E-state index contributed by atoms with van der Waals surface area (Å²) < 4.78 is 39.6. The van der Waals surface area contributed by atoms with Crippen molar-refractivity contribution in [3.05, 3.63) is 35.6 Å². The number of hydrogen-bond donors (Lipinski definition) is 2. The molecule has 2 heterocycles. The molecule has 3 amide bonds. The summed E-state index contributed by atoms with van der Waals surface area (Å²) in [6, 6.07) is 5.58. The van der Waals surface area contributed by atoms with Crippen LogP contribution in [0.5, 0.6) is 0 Å². The van der Waals surface area contributed by atoms with Gasteiger partial charge in [-0.2, -0.15) is 0 Å². The van der Waals surface area contributed by atoms with Crippen LogP contribution in [-0.2, 0) is 14.8 Å². The smallest absolute Gasteiger partial charge is 0.322 e. The number of urea groups is 1. The number of imide groups is 1. The van der Waals surface area contributed by atoms with Gasteiger partial charge in [0, 0.05) is 13.1 Å². The molecule has 0 spiro atoms. The zero-order valence-electron chi connectivity index (χ0n) is 13.8. The number of carbonyl (C=O) groups is 2. The average Bonchev–Trinajstić information content (AvgIpc) is 2.79. The van der Waals surface area contributed by atoms with Crippen LogP contribution in [-0.4, -0.2) is 49.0 Å². The van der Waals surface area contributed by atoms with Gasteiger partial charge in [0.05, 0.1) is 5.75 Å². The van der Waals surface area contributed by atoms with E-state index in [2.05, 4.69) is 10.6 Å². The SMILES string of the molecule is C[C@]1(CS(=O)(=O)N2CCC(c3ccc(F)cc3)CC2)NC(=O)NC1=O. The van der Waals surface area contributed by atoms with Gasteiger partial charge >= 0.3 is 6.03 Å².